The van der Waals surface area contributed by atoms with Crippen LogP contribution in [0, 0.1) is 20.8 Å². The van der Waals surface area contributed by atoms with Crippen molar-refractivity contribution in [1.29, 1.82) is 0 Å². The summed E-state index contributed by atoms with van der Waals surface area (Å²) in [5.41, 5.74) is 4.30. The molecule has 0 radical (unpaired) electrons. The molecule has 0 unspecified atom stereocenters. The lowest BCUT2D eigenvalue weighted by atomic mass is 9.94. The van der Waals surface area contributed by atoms with E-state index >= 15 is 0 Å². The SMILES string of the molecule is Cc1cc(C)c(S(=O)(=O)Nc2ccc3oc4c(c3c2)C(=O)CCC4)cc1C. The minimum absolute atomic E-state index is 0.0556. The third-order valence-corrected chi connectivity index (χ3v) is 6.70. The fourth-order valence-corrected chi connectivity index (χ4v) is 5.02. The Morgan fingerprint density at radius 3 is 2.48 bits per heavy atom. The van der Waals surface area contributed by atoms with Crippen molar-refractivity contribution in [2.75, 3.05) is 4.72 Å². The summed E-state index contributed by atoms with van der Waals surface area (Å²) in [5.74, 6) is 0.756. The lowest BCUT2D eigenvalue weighted by Gasteiger charge is -2.13. The molecule has 0 fully saturated rings. The molecule has 3 aromatic rings. The van der Waals surface area contributed by atoms with Gasteiger partial charge in [0.2, 0.25) is 0 Å². The van der Waals surface area contributed by atoms with Crippen LogP contribution in [-0.4, -0.2) is 14.2 Å². The number of ketones is 1. The predicted octanol–water partition coefficient (Wildman–Crippen LogP) is 4.68. The number of hydrogen-bond acceptors (Lipinski definition) is 4. The maximum atomic E-state index is 12.9. The molecule has 0 bridgehead atoms. The highest BCUT2D eigenvalue weighted by atomic mass is 32.2. The van der Waals surface area contributed by atoms with Crippen LogP contribution in [0.1, 0.15) is 45.7 Å². The zero-order chi connectivity index (χ0) is 19.3. The van der Waals surface area contributed by atoms with Crippen molar-refractivity contribution < 1.29 is 17.6 Å². The second-order valence-corrected chi connectivity index (χ2v) is 8.85. The Kier molecular flexibility index (Phi) is 4.11. The number of benzene rings is 2. The summed E-state index contributed by atoms with van der Waals surface area (Å²) in [6, 6.07) is 8.63. The van der Waals surface area contributed by atoms with Crippen molar-refractivity contribution >= 4 is 32.5 Å². The van der Waals surface area contributed by atoms with Gasteiger partial charge in [0.1, 0.15) is 11.3 Å². The van der Waals surface area contributed by atoms with Crippen molar-refractivity contribution in [2.45, 2.75) is 44.9 Å². The van der Waals surface area contributed by atoms with E-state index in [0.29, 0.717) is 40.0 Å². The van der Waals surface area contributed by atoms with E-state index in [1.165, 1.54) is 0 Å². The van der Waals surface area contributed by atoms with Crippen LogP contribution in [0.25, 0.3) is 11.0 Å². The molecule has 0 aliphatic heterocycles. The van der Waals surface area contributed by atoms with Gasteiger partial charge in [0.25, 0.3) is 10.0 Å². The molecule has 0 atom stereocenters. The van der Waals surface area contributed by atoms with E-state index in [9.17, 15) is 13.2 Å². The number of fused-ring (bicyclic) bond motifs is 3. The average Bonchev–Trinajstić information content (AvgIpc) is 2.96. The first kappa shape index (κ1) is 17.8. The Morgan fingerprint density at radius 2 is 1.70 bits per heavy atom. The predicted molar refractivity (Wildman–Crippen MR) is 105 cm³/mol. The molecule has 0 amide bonds. The molecule has 140 valence electrons. The van der Waals surface area contributed by atoms with E-state index in [-0.39, 0.29) is 10.7 Å². The maximum Gasteiger partial charge on any atom is 0.262 e. The third kappa shape index (κ3) is 3.04. The Bertz CT molecular complexity index is 1190. The van der Waals surface area contributed by atoms with Gasteiger partial charge in [-0.25, -0.2) is 8.42 Å². The van der Waals surface area contributed by atoms with Crippen molar-refractivity contribution in [3.63, 3.8) is 0 Å². The average molecular weight is 383 g/mol. The molecule has 1 aliphatic carbocycles. The Hall–Kier alpha value is -2.60. The van der Waals surface area contributed by atoms with Gasteiger partial charge >= 0.3 is 0 Å². The van der Waals surface area contributed by atoms with Gasteiger partial charge in [-0.3, -0.25) is 9.52 Å². The van der Waals surface area contributed by atoms with Gasteiger partial charge in [0, 0.05) is 23.9 Å². The number of anilines is 1. The van der Waals surface area contributed by atoms with Gasteiger partial charge in [-0.05, 0) is 68.1 Å². The molecule has 1 heterocycles. The van der Waals surface area contributed by atoms with Crippen molar-refractivity contribution in [2.24, 2.45) is 0 Å². The monoisotopic (exact) mass is 383 g/mol. The molecule has 27 heavy (non-hydrogen) atoms. The fraction of sp³-hybridized carbons (Fsp3) is 0.286. The summed E-state index contributed by atoms with van der Waals surface area (Å²) >= 11 is 0. The number of hydrogen-bond donors (Lipinski definition) is 1. The minimum Gasteiger partial charge on any atom is -0.460 e. The second kappa shape index (κ2) is 6.23. The smallest absolute Gasteiger partial charge is 0.262 e. The largest absolute Gasteiger partial charge is 0.460 e. The van der Waals surface area contributed by atoms with Crippen LogP contribution in [-0.2, 0) is 16.4 Å². The third-order valence-electron chi connectivity index (χ3n) is 5.18. The lowest BCUT2D eigenvalue weighted by Crippen LogP contribution is -2.15. The summed E-state index contributed by atoms with van der Waals surface area (Å²) in [5, 5.41) is 0.673. The Balaban J connectivity index is 1.76. The normalized spacial score (nSPS) is 14.4. The topological polar surface area (TPSA) is 76.4 Å². The number of carbonyl (C=O) groups is 1. The van der Waals surface area contributed by atoms with Gasteiger partial charge in [-0.15, -0.1) is 0 Å². The molecule has 2 aromatic carbocycles. The van der Waals surface area contributed by atoms with Crippen LogP contribution in [0.3, 0.4) is 0 Å². The fourth-order valence-electron chi connectivity index (χ4n) is 3.66. The van der Waals surface area contributed by atoms with E-state index in [1.54, 1.807) is 31.2 Å². The molecule has 0 spiro atoms. The first-order valence-electron chi connectivity index (χ1n) is 8.95. The van der Waals surface area contributed by atoms with Crippen LogP contribution in [0.2, 0.25) is 0 Å². The summed E-state index contributed by atoms with van der Waals surface area (Å²) in [7, 11) is -3.74. The van der Waals surface area contributed by atoms with Crippen LogP contribution >= 0.6 is 0 Å². The van der Waals surface area contributed by atoms with E-state index in [4.69, 9.17) is 4.42 Å². The molecule has 0 saturated carbocycles. The summed E-state index contributed by atoms with van der Waals surface area (Å²) in [6.07, 6.45) is 2.02. The van der Waals surface area contributed by atoms with E-state index in [1.807, 2.05) is 19.9 Å². The quantitative estimate of drug-likeness (QED) is 0.712. The van der Waals surface area contributed by atoms with Crippen LogP contribution < -0.4 is 4.72 Å². The number of sulfonamides is 1. The molecule has 4 rings (SSSR count). The van der Waals surface area contributed by atoms with Gasteiger partial charge in [-0.1, -0.05) is 6.07 Å². The first-order valence-corrected chi connectivity index (χ1v) is 10.4. The Labute approximate surface area is 158 Å². The molecule has 1 aliphatic rings. The summed E-state index contributed by atoms with van der Waals surface area (Å²) in [4.78, 5) is 12.6. The van der Waals surface area contributed by atoms with Crippen LogP contribution in [0.5, 0.6) is 0 Å². The minimum atomic E-state index is -3.74. The van der Waals surface area contributed by atoms with Gasteiger partial charge in [0.05, 0.1) is 10.5 Å². The molecule has 5 nitrogen and oxygen atoms in total. The standard InChI is InChI=1S/C21H21NO4S/c1-12-9-14(3)20(10-13(12)2)27(24,25)22-15-7-8-18-16(11-15)21-17(23)5-4-6-19(21)26-18/h7-11,22H,4-6H2,1-3H3. The highest BCUT2D eigenvalue weighted by Crippen LogP contribution is 2.34. The second-order valence-electron chi connectivity index (χ2n) is 7.20. The number of rotatable bonds is 3. The summed E-state index contributed by atoms with van der Waals surface area (Å²) in [6.45, 7) is 5.64. The van der Waals surface area contributed by atoms with Crippen molar-refractivity contribution in [3.05, 3.63) is 58.3 Å². The zero-order valence-corrected chi connectivity index (χ0v) is 16.4. The van der Waals surface area contributed by atoms with Gasteiger partial charge in [0.15, 0.2) is 5.78 Å². The first-order chi connectivity index (χ1) is 12.8. The molecule has 1 aromatic heterocycles. The van der Waals surface area contributed by atoms with Gasteiger partial charge in [-0.2, -0.15) is 0 Å². The van der Waals surface area contributed by atoms with E-state index < -0.39 is 10.0 Å². The maximum absolute atomic E-state index is 12.9. The number of nitrogens with one attached hydrogen (secondary N) is 1. The highest BCUT2D eigenvalue weighted by molar-refractivity contribution is 7.92. The number of furan rings is 1. The molecule has 6 heteroatoms. The van der Waals surface area contributed by atoms with Crippen LogP contribution in [0.4, 0.5) is 5.69 Å². The van der Waals surface area contributed by atoms with E-state index in [0.717, 1.165) is 24.0 Å². The molecule has 0 saturated heterocycles. The zero-order valence-electron chi connectivity index (χ0n) is 15.5. The number of Topliss-reactive ketones (excluding diaryl/α,β-unsaturated/α-hetero) is 1. The van der Waals surface area contributed by atoms with Crippen molar-refractivity contribution in [1.82, 2.24) is 0 Å². The molecule has 1 N–H and O–H groups in total. The Morgan fingerprint density at radius 1 is 0.963 bits per heavy atom. The number of carbonyl (C=O) groups excluding carboxylic acids is 1. The molecular weight excluding hydrogens is 362 g/mol. The van der Waals surface area contributed by atoms with Gasteiger partial charge < -0.3 is 4.42 Å². The molecular formula is C21H21NO4S. The van der Waals surface area contributed by atoms with Crippen LogP contribution in [0.15, 0.2) is 39.6 Å². The number of aryl methyl sites for hydroxylation is 4. The summed E-state index contributed by atoms with van der Waals surface area (Å²) < 4.78 is 34.2. The lowest BCUT2D eigenvalue weighted by molar-refractivity contribution is 0.0971. The highest BCUT2D eigenvalue weighted by Gasteiger charge is 2.25. The van der Waals surface area contributed by atoms with Crippen molar-refractivity contribution in [3.8, 4) is 0 Å². The van der Waals surface area contributed by atoms with E-state index in [2.05, 4.69) is 4.72 Å².